The highest BCUT2D eigenvalue weighted by atomic mass is 16.5. The Morgan fingerprint density at radius 3 is 1.82 bits per heavy atom. The Kier molecular flexibility index (Phi) is 8.25. The molecule has 0 atom stereocenters. The van der Waals surface area contributed by atoms with E-state index in [0.29, 0.717) is 13.2 Å². The zero-order valence-corrected chi connectivity index (χ0v) is 7.13. The molecule has 0 saturated heterocycles. The summed E-state index contributed by atoms with van der Waals surface area (Å²) >= 11 is 0. The van der Waals surface area contributed by atoms with Crippen LogP contribution in [0.3, 0.4) is 0 Å². The summed E-state index contributed by atoms with van der Waals surface area (Å²) in [4.78, 5) is 0. The molecule has 11 heavy (non-hydrogen) atoms. The van der Waals surface area contributed by atoms with Gasteiger partial charge in [-0.25, -0.2) is 0 Å². The molecule has 0 radical (unpaired) electrons. The van der Waals surface area contributed by atoms with E-state index in [-0.39, 0.29) is 0 Å². The summed E-state index contributed by atoms with van der Waals surface area (Å²) in [6.45, 7) is 1.30. The molecule has 3 heteroatoms. The van der Waals surface area contributed by atoms with Gasteiger partial charge in [-0.05, 0) is 24.6 Å². The molecular weight excluding hydrogens is 140 g/mol. The first kappa shape index (κ1) is 10.0. The van der Waals surface area contributed by atoms with E-state index in [1.807, 2.05) is 38.6 Å². The minimum absolute atomic E-state index is 0.648. The maximum Gasteiger partial charge on any atom is 0.0668 e. The Labute approximate surface area is 68.1 Å². The summed E-state index contributed by atoms with van der Waals surface area (Å²) in [5, 5.41) is 5.76. The first-order chi connectivity index (χ1) is 5.41. The summed E-state index contributed by atoms with van der Waals surface area (Å²) in [5.41, 5.74) is 0. The molecule has 0 aliphatic carbocycles. The van der Waals surface area contributed by atoms with Crippen LogP contribution in [0, 0.1) is 0 Å². The molecule has 0 amide bonds. The van der Waals surface area contributed by atoms with E-state index in [9.17, 15) is 0 Å². The standard InChI is InChI=1S/C8H16N2O/c1-9-5-3-7-11-8-4-6-10-2/h3-6,9-10H,7-8H2,1-2H3. The van der Waals surface area contributed by atoms with Crippen LogP contribution in [0.25, 0.3) is 0 Å². The second-order valence-corrected chi connectivity index (χ2v) is 1.92. The SMILES string of the molecule is CNC=CCOCC=CNC. The van der Waals surface area contributed by atoms with Crippen molar-refractivity contribution in [3.8, 4) is 0 Å². The molecule has 0 aromatic heterocycles. The summed E-state index contributed by atoms with van der Waals surface area (Å²) in [6, 6.07) is 0. The summed E-state index contributed by atoms with van der Waals surface area (Å²) < 4.78 is 5.18. The Morgan fingerprint density at radius 1 is 1.00 bits per heavy atom. The lowest BCUT2D eigenvalue weighted by molar-refractivity contribution is 0.193. The molecule has 2 N–H and O–H groups in total. The smallest absolute Gasteiger partial charge is 0.0668 e. The van der Waals surface area contributed by atoms with E-state index in [1.165, 1.54) is 0 Å². The van der Waals surface area contributed by atoms with Crippen molar-refractivity contribution in [2.45, 2.75) is 0 Å². The van der Waals surface area contributed by atoms with Crippen molar-refractivity contribution in [2.75, 3.05) is 27.3 Å². The van der Waals surface area contributed by atoms with Gasteiger partial charge in [-0.2, -0.15) is 0 Å². The molecule has 0 heterocycles. The normalized spacial score (nSPS) is 11.1. The van der Waals surface area contributed by atoms with Crippen molar-refractivity contribution in [3.05, 3.63) is 24.6 Å². The largest absolute Gasteiger partial charge is 0.394 e. The lowest BCUT2D eigenvalue weighted by Gasteiger charge is -1.94. The highest BCUT2D eigenvalue weighted by Gasteiger charge is 1.76. The van der Waals surface area contributed by atoms with Crippen LogP contribution in [0.15, 0.2) is 24.6 Å². The third-order valence-corrected chi connectivity index (χ3v) is 0.997. The molecule has 0 fully saturated rings. The molecular formula is C8H16N2O. The van der Waals surface area contributed by atoms with Gasteiger partial charge in [0.25, 0.3) is 0 Å². The monoisotopic (exact) mass is 156 g/mol. The number of hydrogen-bond acceptors (Lipinski definition) is 3. The van der Waals surface area contributed by atoms with Crippen molar-refractivity contribution >= 4 is 0 Å². The van der Waals surface area contributed by atoms with Gasteiger partial charge in [0.05, 0.1) is 13.2 Å². The maximum absolute atomic E-state index is 5.18. The van der Waals surface area contributed by atoms with Gasteiger partial charge in [0.15, 0.2) is 0 Å². The Morgan fingerprint density at radius 2 is 1.45 bits per heavy atom. The van der Waals surface area contributed by atoms with Crippen molar-refractivity contribution < 1.29 is 4.74 Å². The van der Waals surface area contributed by atoms with Crippen molar-refractivity contribution in [1.29, 1.82) is 0 Å². The predicted octanol–water partition coefficient (Wildman–Crippen LogP) is 0.469. The molecule has 0 aliphatic rings. The third kappa shape index (κ3) is 9.04. The Bertz CT molecular complexity index is 107. The second kappa shape index (κ2) is 9.04. The van der Waals surface area contributed by atoms with Crippen molar-refractivity contribution in [1.82, 2.24) is 10.6 Å². The van der Waals surface area contributed by atoms with Gasteiger partial charge in [-0.1, -0.05) is 0 Å². The molecule has 0 aliphatic heterocycles. The maximum atomic E-state index is 5.18. The summed E-state index contributed by atoms with van der Waals surface area (Å²) in [6.07, 6.45) is 7.55. The van der Waals surface area contributed by atoms with Gasteiger partial charge in [0.1, 0.15) is 0 Å². The summed E-state index contributed by atoms with van der Waals surface area (Å²) in [7, 11) is 3.72. The minimum atomic E-state index is 0.648. The van der Waals surface area contributed by atoms with Gasteiger partial charge < -0.3 is 15.4 Å². The molecule has 0 bridgehead atoms. The van der Waals surface area contributed by atoms with Gasteiger partial charge in [-0.3, -0.25) is 0 Å². The van der Waals surface area contributed by atoms with Crippen LogP contribution < -0.4 is 10.6 Å². The lowest BCUT2D eigenvalue weighted by atomic mass is 10.6. The second-order valence-electron chi connectivity index (χ2n) is 1.92. The summed E-state index contributed by atoms with van der Waals surface area (Å²) in [5.74, 6) is 0. The van der Waals surface area contributed by atoms with E-state index in [2.05, 4.69) is 10.6 Å². The minimum Gasteiger partial charge on any atom is -0.394 e. The van der Waals surface area contributed by atoms with Crippen LogP contribution in [0.5, 0.6) is 0 Å². The predicted molar refractivity (Wildman–Crippen MR) is 47.2 cm³/mol. The first-order valence-electron chi connectivity index (χ1n) is 3.64. The van der Waals surface area contributed by atoms with E-state index in [0.717, 1.165) is 0 Å². The van der Waals surface area contributed by atoms with Crippen LogP contribution in [-0.4, -0.2) is 27.3 Å². The van der Waals surface area contributed by atoms with Gasteiger partial charge >= 0.3 is 0 Å². The first-order valence-corrected chi connectivity index (χ1v) is 3.64. The molecule has 0 aromatic rings. The van der Waals surface area contributed by atoms with E-state index < -0.39 is 0 Å². The lowest BCUT2D eigenvalue weighted by Crippen LogP contribution is -1.97. The fourth-order valence-corrected chi connectivity index (χ4v) is 0.536. The quantitative estimate of drug-likeness (QED) is 0.548. The number of hydrogen-bond donors (Lipinski definition) is 2. The highest BCUT2D eigenvalue weighted by molar-refractivity contribution is 4.80. The fraction of sp³-hybridized carbons (Fsp3) is 0.500. The average Bonchev–Trinajstić information content (AvgIpc) is 2.03. The Hall–Kier alpha value is -0.960. The molecule has 0 saturated carbocycles. The van der Waals surface area contributed by atoms with Crippen LogP contribution in [0.4, 0.5) is 0 Å². The molecule has 0 aromatic carbocycles. The molecule has 0 unspecified atom stereocenters. The number of nitrogens with one attached hydrogen (secondary N) is 2. The zero-order chi connectivity index (χ0) is 8.36. The van der Waals surface area contributed by atoms with E-state index in [1.54, 1.807) is 0 Å². The highest BCUT2D eigenvalue weighted by Crippen LogP contribution is 1.77. The number of rotatable bonds is 6. The topological polar surface area (TPSA) is 33.3 Å². The van der Waals surface area contributed by atoms with Gasteiger partial charge in [0.2, 0.25) is 0 Å². The van der Waals surface area contributed by atoms with E-state index >= 15 is 0 Å². The van der Waals surface area contributed by atoms with Gasteiger partial charge in [0, 0.05) is 14.1 Å². The average molecular weight is 156 g/mol. The molecule has 3 nitrogen and oxygen atoms in total. The van der Waals surface area contributed by atoms with Crippen LogP contribution >= 0.6 is 0 Å². The van der Waals surface area contributed by atoms with Crippen LogP contribution in [-0.2, 0) is 4.74 Å². The molecule has 64 valence electrons. The van der Waals surface area contributed by atoms with Crippen LogP contribution in [0.1, 0.15) is 0 Å². The molecule has 0 rings (SSSR count). The Balaban J connectivity index is 3.02. The third-order valence-electron chi connectivity index (χ3n) is 0.997. The molecule has 0 spiro atoms. The van der Waals surface area contributed by atoms with Gasteiger partial charge in [-0.15, -0.1) is 0 Å². The zero-order valence-electron chi connectivity index (χ0n) is 7.13. The fourth-order valence-electron chi connectivity index (χ4n) is 0.536. The number of ether oxygens (including phenoxy) is 1. The van der Waals surface area contributed by atoms with E-state index in [4.69, 9.17) is 4.74 Å². The van der Waals surface area contributed by atoms with Crippen LogP contribution in [0.2, 0.25) is 0 Å². The van der Waals surface area contributed by atoms with Crippen molar-refractivity contribution in [2.24, 2.45) is 0 Å². The van der Waals surface area contributed by atoms with Crippen molar-refractivity contribution in [3.63, 3.8) is 0 Å².